The van der Waals surface area contributed by atoms with E-state index in [1.807, 2.05) is 36.4 Å². The molecule has 4 nitrogen and oxygen atoms in total. The van der Waals surface area contributed by atoms with E-state index in [0.29, 0.717) is 28.8 Å². The van der Waals surface area contributed by atoms with E-state index in [1.165, 1.54) is 11.8 Å². The van der Waals surface area contributed by atoms with Crippen molar-refractivity contribution in [1.82, 2.24) is 4.90 Å². The summed E-state index contributed by atoms with van der Waals surface area (Å²) in [5, 5.41) is 0. The van der Waals surface area contributed by atoms with Gasteiger partial charge in [0.25, 0.3) is 5.91 Å². The average molecular weight is 392 g/mol. The molecule has 1 fully saturated rings. The molecule has 1 aliphatic heterocycles. The number of thiocarbonyl (C=S) groups is 1. The molecule has 0 atom stereocenters. The van der Waals surface area contributed by atoms with Gasteiger partial charge in [-0.05, 0) is 30.9 Å². The highest BCUT2D eigenvalue weighted by atomic mass is 32.2. The molecular formula is C20H25NO3S2. The highest BCUT2D eigenvalue weighted by Crippen LogP contribution is 2.32. The third-order valence-electron chi connectivity index (χ3n) is 3.99. The van der Waals surface area contributed by atoms with E-state index in [-0.39, 0.29) is 11.9 Å². The smallest absolute Gasteiger partial charge is 0.305 e. The van der Waals surface area contributed by atoms with Crippen LogP contribution in [-0.2, 0) is 14.3 Å². The number of hydrogen-bond donors (Lipinski definition) is 0. The molecule has 0 spiro atoms. The van der Waals surface area contributed by atoms with E-state index < -0.39 is 0 Å². The molecule has 0 unspecified atom stereocenters. The Bertz CT molecular complexity index is 658. The Morgan fingerprint density at radius 3 is 2.69 bits per heavy atom. The summed E-state index contributed by atoms with van der Waals surface area (Å²) in [4.78, 5) is 26.4. The number of benzene rings is 1. The van der Waals surface area contributed by atoms with Crippen LogP contribution < -0.4 is 0 Å². The van der Waals surface area contributed by atoms with Crippen molar-refractivity contribution in [1.29, 1.82) is 0 Å². The second kappa shape index (κ2) is 11.1. The van der Waals surface area contributed by atoms with E-state index in [2.05, 4.69) is 6.92 Å². The Hall–Kier alpha value is -1.66. The fraction of sp³-hybridized carbons (Fsp3) is 0.450. The van der Waals surface area contributed by atoms with Gasteiger partial charge in [-0.15, -0.1) is 0 Å². The van der Waals surface area contributed by atoms with Crippen LogP contribution in [0.3, 0.4) is 0 Å². The van der Waals surface area contributed by atoms with Crippen LogP contribution in [0.1, 0.15) is 51.0 Å². The van der Waals surface area contributed by atoms with Gasteiger partial charge in [0.1, 0.15) is 4.32 Å². The quantitative estimate of drug-likeness (QED) is 0.248. The van der Waals surface area contributed by atoms with Crippen LogP contribution in [0.2, 0.25) is 0 Å². The number of carbonyl (C=O) groups is 2. The Kier molecular flexibility index (Phi) is 8.85. The lowest BCUT2D eigenvalue weighted by atomic mass is 10.2. The lowest BCUT2D eigenvalue weighted by molar-refractivity contribution is -0.143. The van der Waals surface area contributed by atoms with E-state index in [0.717, 1.165) is 37.7 Å². The average Bonchev–Trinajstić information content (AvgIpc) is 2.89. The summed E-state index contributed by atoms with van der Waals surface area (Å²) in [7, 11) is 0. The summed E-state index contributed by atoms with van der Waals surface area (Å²) >= 11 is 6.69. The Morgan fingerprint density at radius 1 is 1.19 bits per heavy atom. The fourth-order valence-electron chi connectivity index (χ4n) is 2.51. The highest BCUT2D eigenvalue weighted by Gasteiger charge is 2.31. The Balaban J connectivity index is 1.71. The van der Waals surface area contributed by atoms with Crippen molar-refractivity contribution in [2.24, 2.45) is 0 Å². The largest absolute Gasteiger partial charge is 0.466 e. The lowest BCUT2D eigenvalue weighted by Crippen LogP contribution is -2.29. The number of ether oxygens (including phenoxy) is 1. The van der Waals surface area contributed by atoms with Gasteiger partial charge in [-0.25, -0.2) is 0 Å². The summed E-state index contributed by atoms with van der Waals surface area (Å²) < 4.78 is 5.74. The molecular weight excluding hydrogens is 366 g/mol. The number of carbonyl (C=O) groups excluding carboxylic acids is 2. The lowest BCUT2D eigenvalue weighted by Gasteiger charge is -2.14. The van der Waals surface area contributed by atoms with Crippen molar-refractivity contribution >= 4 is 46.3 Å². The molecule has 0 aliphatic carbocycles. The molecule has 0 saturated carbocycles. The molecule has 1 aromatic carbocycles. The summed E-state index contributed by atoms with van der Waals surface area (Å²) in [6.45, 7) is 3.18. The first kappa shape index (κ1) is 20.6. The van der Waals surface area contributed by atoms with Gasteiger partial charge >= 0.3 is 5.97 Å². The monoisotopic (exact) mass is 391 g/mol. The maximum atomic E-state index is 12.5. The van der Waals surface area contributed by atoms with Crippen LogP contribution in [0.5, 0.6) is 0 Å². The molecule has 6 heteroatoms. The standard InChI is InChI=1S/C20H25NO3S2/c1-2-3-14-24-18(22)12-8-5-9-13-21-19(23)17(26-20(21)25)15-16-10-6-4-7-11-16/h4,6-7,10-11,15H,2-3,5,8-9,12-14H2,1H3. The van der Waals surface area contributed by atoms with Crippen LogP contribution in [-0.4, -0.2) is 34.2 Å². The number of esters is 1. The third-order valence-corrected chi connectivity index (χ3v) is 5.37. The van der Waals surface area contributed by atoms with Crippen LogP contribution in [0.15, 0.2) is 35.2 Å². The zero-order valence-electron chi connectivity index (χ0n) is 15.1. The number of nitrogens with zero attached hydrogens (tertiary/aromatic N) is 1. The third kappa shape index (κ3) is 6.57. The van der Waals surface area contributed by atoms with Gasteiger partial charge < -0.3 is 4.74 Å². The van der Waals surface area contributed by atoms with Crippen molar-refractivity contribution in [3.05, 3.63) is 40.8 Å². The van der Waals surface area contributed by atoms with Crippen molar-refractivity contribution < 1.29 is 14.3 Å². The van der Waals surface area contributed by atoms with Gasteiger partial charge in [0.2, 0.25) is 0 Å². The van der Waals surface area contributed by atoms with Crippen LogP contribution in [0, 0.1) is 0 Å². The molecule has 1 heterocycles. The fourth-order valence-corrected chi connectivity index (χ4v) is 3.82. The number of hydrogen-bond acceptors (Lipinski definition) is 5. The molecule has 0 N–H and O–H groups in total. The SMILES string of the molecule is CCCCOC(=O)CCCCCN1C(=O)C(=Cc2ccccc2)SC1=S. The zero-order valence-corrected chi connectivity index (χ0v) is 16.7. The summed E-state index contributed by atoms with van der Waals surface area (Å²) in [6, 6.07) is 9.76. The van der Waals surface area contributed by atoms with E-state index >= 15 is 0 Å². The molecule has 2 rings (SSSR count). The van der Waals surface area contributed by atoms with Gasteiger partial charge in [0.05, 0.1) is 11.5 Å². The predicted molar refractivity (Wildman–Crippen MR) is 111 cm³/mol. The summed E-state index contributed by atoms with van der Waals surface area (Å²) in [5.41, 5.74) is 0.995. The van der Waals surface area contributed by atoms with E-state index in [1.54, 1.807) is 4.90 Å². The van der Waals surface area contributed by atoms with E-state index in [4.69, 9.17) is 17.0 Å². The number of rotatable bonds is 10. The minimum Gasteiger partial charge on any atom is -0.466 e. The maximum Gasteiger partial charge on any atom is 0.305 e. The van der Waals surface area contributed by atoms with Crippen LogP contribution in [0.25, 0.3) is 6.08 Å². The zero-order chi connectivity index (χ0) is 18.8. The predicted octanol–water partition coefficient (Wildman–Crippen LogP) is 4.79. The molecule has 1 aliphatic rings. The first-order chi connectivity index (χ1) is 12.6. The number of thioether (sulfide) groups is 1. The van der Waals surface area contributed by atoms with Gasteiger partial charge in [-0.1, -0.05) is 74.1 Å². The van der Waals surface area contributed by atoms with Gasteiger partial charge in [-0.3, -0.25) is 14.5 Å². The maximum absolute atomic E-state index is 12.5. The van der Waals surface area contributed by atoms with Crippen LogP contribution >= 0.6 is 24.0 Å². The van der Waals surface area contributed by atoms with E-state index in [9.17, 15) is 9.59 Å². The molecule has 1 aromatic rings. The topological polar surface area (TPSA) is 46.6 Å². The number of unbranched alkanes of at least 4 members (excludes halogenated alkanes) is 3. The molecule has 140 valence electrons. The van der Waals surface area contributed by atoms with Gasteiger partial charge in [-0.2, -0.15) is 0 Å². The summed E-state index contributed by atoms with van der Waals surface area (Å²) in [5.74, 6) is -0.155. The minimum atomic E-state index is -0.130. The molecule has 1 amide bonds. The number of amides is 1. The molecule has 1 saturated heterocycles. The molecule has 0 aromatic heterocycles. The molecule has 0 bridgehead atoms. The van der Waals surface area contributed by atoms with Crippen molar-refractivity contribution in [3.8, 4) is 0 Å². The second-order valence-corrected chi connectivity index (χ2v) is 7.80. The second-order valence-electron chi connectivity index (χ2n) is 6.13. The minimum absolute atomic E-state index is 0.0252. The van der Waals surface area contributed by atoms with Gasteiger partial charge in [0.15, 0.2) is 0 Å². The Labute approximate surface area is 165 Å². The highest BCUT2D eigenvalue weighted by molar-refractivity contribution is 8.26. The normalized spacial score (nSPS) is 15.7. The van der Waals surface area contributed by atoms with Crippen molar-refractivity contribution in [2.45, 2.75) is 45.4 Å². The van der Waals surface area contributed by atoms with Crippen molar-refractivity contribution in [2.75, 3.05) is 13.2 Å². The molecule has 0 radical (unpaired) electrons. The first-order valence-corrected chi connectivity index (χ1v) is 10.3. The first-order valence-electron chi connectivity index (χ1n) is 9.08. The van der Waals surface area contributed by atoms with Crippen molar-refractivity contribution in [3.63, 3.8) is 0 Å². The van der Waals surface area contributed by atoms with Crippen LogP contribution in [0.4, 0.5) is 0 Å². The molecule has 26 heavy (non-hydrogen) atoms. The Morgan fingerprint density at radius 2 is 1.96 bits per heavy atom. The van der Waals surface area contributed by atoms with Gasteiger partial charge in [0, 0.05) is 13.0 Å². The summed E-state index contributed by atoms with van der Waals surface area (Å²) in [6.07, 6.45) is 6.73.